The van der Waals surface area contributed by atoms with E-state index in [1.54, 1.807) is 0 Å². The van der Waals surface area contributed by atoms with Crippen LogP contribution in [0.4, 0.5) is 0 Å². The zero-order valence-electron chi connectivity index (χ0n) is 9.27. The van der Waals surface area contributed by atoms with Crippen LogP contribution >= 0.6 is 11.3 Å². The van der Waals surface area contributed by atoms with Gasteiger partial charge in [0.15, 0.2) is 5.76 Å². The number of nitrogens with zero attached hydrogens (tertiary/aromatic N) is 1. The van der Waals surface area contributed by atoms with Gasteiger partial charge < -0.3 is 9.63 Å². The average molecular weight is 249 g/mol. The first-order valence-electron chi connectivity index (χ1n) is 5.46. The third kappa shape index (κ3) is 1.67. The van der Waals surface area contributed by atoms with E-state index in [0.29, 0.717) is 11.5 Å². The molecule has 0 radical (unpaired) electrons. The largest absolute Gasteiger partial charge is 0.477 e. The second-order valence-corrected chi connectivity index (χ2v) is 5.20. The monoisotopic (exact) mass is 249 g/mol. The number of aromatic nitrogens is 1. The number of hydrogen-bond acceptors (Lipinski definition) is 4. The topological polar surface area (TPSA) is 63.3 Å². The van der Waals surface area contributed by atoms with Gasteiger partial charge in [0.25, 0.3) is 0 Å². The Balaban J connectivity index is 2.17. The quantitative estimate of drug-likeness (QED) is 0.906. The molecule has 0 spiro atoms. The van der Waals surface area contributed by atoms with Crippen LogP contribution in [-0.2, 0) is 0 Å². The number of hydrogen-bond donors (Lipinski definition) is 1. The summed E-state index contributed by atoms with van der Waals surface area (Å²) in [6.07, 6.45) is 2.00. The molecule has 0 amide bonds. The maximum Gasteiger partial charge on any atom is 0.341 e. The van der Waals surface area contributed by atoms with Gasteiger partial charge in [0.1, 0.15) is 11.3 Å². The lowest BCUT2D eigenvalue weighted by molar-refractivity contribution is 0.0695. The molecule has 0 atom stereocenters. The van der Waals surface area contributed by atoms with Gasteiger partial charge >= 0.3 is 5.97 Å². The van der Waals surface area contributed by atoms with E-state index in [9.17, 15) is 9.90 Å². The Morgan fingerprint density at radius 1 is 1.59 bits per heavy atom. The molecule has 0 bridgehead atoms. The van der Waals surface area contributed by atoms with Crippen molar-refractivity contribution in [3.63, 3.8) is 0 Å². The van der Waals surface area contributed by atoms with Crippen LogP contribution < -0.4 is 0 Å². The Labute approximate surface area is 102 Å². The highest BCUT2D eigenvalue weighted by atomic mass is 32.1. The zero-order chi connectivity index (χ0) is 12.0. The summed E-state index contributed by atoms with van der Waals surface area (Å²) in [4.78, 5) is 12.2. The number of carbonyl (C=O) groups is 1. The van der Waals surface area contributed by atoms with Gasteiger partial charge in [-0.15, -0.1) is 11.3 Å². The molecule has 2 aromatic heterocycles. The Morgan fingerprint density at radius 3 is 2.88 bits per heavy atom. The average Bonchev–Trinajstić information content (AvgIpc) is 2.89. The van der Waals surface area contributed by atoms with E-state index in [2.05, 4.69) is 5.16 Å². The van der Waals surface area contributed by atoms with Crippen LogP contribution in [0.15, 0.2) is 16.0 Å². The van der Waals surface area contributed by atoms with E-state index in [-0.39, 0.29) is 11.5 Å². The molecule has 1 aliphatic rings. The summed E-state index contributed by atoms with van der Waals surface area (Å²) in [7, 11) is 0. The van der Waals surface area contributed by atoms with Crippen molar-refractivity contribution in [3.05, 3.63) is 28.3 Å². The lowest BCUT2D eigenvalue weighted by Gasteiger charge is -1.97. The molecular formula is C12H11NO3S. The fourth-order valence-corrected chi connectivity index (χ4v) is 2.82. The highest BCUT2D eigenvalue weighted by Gasteiger charge is 2.35. The summed E-state index contributed by atoms with van der Waals surface area (Å²) in [5.41, 5.74) is 1.76. The number of carboxylic acid groups (broad SMARTS) is 1. The molecule has 1 aliphatic carbocycles. The summed E-state index contributed by atoms with van der Waals surface area (Å²) >= 11 is 1.49. The molecule has 1 N–H and O–H groups in total. The van der Waals surface area contributed by atoms with Gasteiger partial charge in [0.2, 0.25) is 0 Å². The van der Waals surface area contributed by atoms with E-state index in [1.165, 1.54) is 11.3 Å². The SMILES string of the molecule is Cc1ccsc1-c1noc(C2CC2)c1C(=O)O. The van der Waals surface area contributed by atoms with E-state index in [1.807, 2.05) is 18.4 Å². The predicted octanol–water partition coefficient (Wildman–Crippen LogP) is 3.29. The van der Waals surface area contributed by atoms with Gasteiger partial charge in [0, 0.05) is 5.92 Å². The van der Waals surface area contributed by atoms with Gasteiger partial charge in [-0.25, -0.2) is 4.79 Å². The molecule has 1 fully saturated rings. The van der Waals surface area contributed by atoms with Crippen molar-refractivity contribution in [1.29, 1.82) is 0 Å². The van der Waals surface area contributed by atoms with Gasteiger partial charge in [-0.1, -0.05) is 5.16 Å². The molecule has 1 saturated carbocycles. The molecule has 4 nitrogen and oxygen atoms in total. The maximum absolute atomic E-state index is 11.3. The van der Waals surface area contributed by atoms with Crippen LogP contribution in [0.3, 0.4) is 0 Å². The predicted molar refractivity (Wildman–Crippen MR) is 63.5 cm³/mol. The summed E-state index contributed by atoms with van der Waals surface area (Å²) in [6, 6.07) is 1.96. The summed E-state index contributed by atoms with van der Waals surface area (Å²) < 4.78 is 5.24. The molecular weight excluding hydrogens is 238 g/mol. The van der Waals surface area contributed by atoms with Crippen LogP contribution in [0.1, 0.15) is 40.4 Å². The molecule has 17 heavy (non-hydrogen) atoms. The first kappa shape index (κ1) is 10.5. The number of thiophene rings is 1. The third-order valence-electron chi connectivity index (χ3n) is 2.96. The zero-order valence-corrected chi connectivity index (χ0v) is 10.1. The molecule has 0 aromatic carbocycles. The second-order valence-electron chi connectivity index (χ2n) is 4.28. The maximum atomic E-state index is 11.3. The smallest absolute Gasteiger partial charge is 0.341 e. The van der Waals surface area contributed by atoms with Gasteiger partial charge in [-0.2, -0.15) is 0 Å². The Morgan fingerprint density at radius 2 is 2.35 bits per heavy atom. The molecule has 3 rings (SSSR count). The molecule has 0 aliphatic heterocycles. The minimum absolute atomic E-state index is 0.248. The van der Waals surface area contributed by atoms with Crippen LogP contribution in [-0.4, -0.2) is 16.2 Å². The third-order valence-corrected chi connectivity index (χ3v) is 3.98. The fraction of sp³-hybridized carbons (Fsp3) is 0.333. The molecule has 0 unspecified atom stereocenters. The summed E-state index contributed by atoms with van der Waals surface area (Å²) in [6.45, 7) is 1.95. The van der Waals surface area contributed by atoms with Crippen molar-refractivity contribution in [2.45, 2.75) is 25.7 Å². The minimum Gasteiger partial charge on any atom is -0.477 e. The van der Waals surface area contributed by atoms with Crippen molar-refractivity contribution >= 4 is 17.3 Å². The summed E-state index contributed by atoms with van der Waals surface area (Å²) in [5.74, 6) is -0.154. The van der Waals surface area contributed by atoms with Crippen molar-refractivity contribution in [2.24, 2.45) is 0 Å². The Bertz CT molecular complexity index is 580. The van der Waals surface area contributed by atoms with E-state index in [4.69, 9.17) is 4.52 Å². The standard InChI is InChI=1S/C12H11NO3S/c1-6-4-5-17-11(6)9-8(12(14)15)10(16-13-9)7-2-3-7/h4-5,7H,2-3H2,1H3,(H,14,15). The second kappa shape index (κ2) is 3.70. The van der Waals surface area contributed by atoms with Crippen molar-refractivity contribution in [2.75, 3.05) is 0 Å². The van der Waals surface area contributed by atoms with Gasteiger partial charge in [-0.3, -0.25) is 0 Å². The summed E-state index contributed by atoms with van der Waals surface area (Å²) in [5, 5.41) is 15.2. The van der Waals surface area contributed by atoms with Crippen molar-refractivity contribution < 1.29 is 14.4 Å². The van der Waals surface area contributed by atoms with Crippen LogP contribution in [0.5, 0.6) is 0 Å². The molecule has 88 valence electrons. The normalized spacial score (nSPS) is 15.1. The minimum atomic E-state index is -0.948. The van der Waals surface area contributed by atoms with E-state index >= 15 is 0 Å². The van der Waals surface area contributed by atoms with Crippen LogP contribution in [0, 0.1) is 6.92 Å². The van der Waals surface area contributed by atoms with Gasteiger partial charge in [0.05, 0.1) is 4.88 Å². The number of rotatable bonds is 3. The number of carboxylic acids is 1. The Kier molecular flexibility index (Phi) is 2.29. The number of aryl methyl sites for hydroxylation is 1. The highest BCUT2D eigenvalue weighted by molar-refractivity contribution is 7.13. The van der Waals surface area contributed by atoms with Crippen molar-refractivity contribution in [1.82, 2.24) is 5.16 Å². The molecule has 2 aromatic rings. The molecule has 2 heterocycles. The molecule has 5 heteroatoms. The highest BCUT2D eigenvalue weighted by Crippen LogP contribution is 2.44. The Hall–Kier alpha value is -1.62. The van der Waals surface area contributed by atoms with Crippen LogP contribution in [0.2, 0.25) is 0 Å². The first-order valence-corrected chi connectivity index (χ1v) is 6.33. The van der Waals surface area contributed by atoms with Gasteiger partial charge in [-0.05, 0) is 36.8 Å². The first-order chi connectivity index (χ1) is 8.18. The van der Waals surface area contributed by atoms with E-state index in [0.717, 1.165) is 23.3 Å². The lowest BCUT2D eigenvalue weighted by atomic mass is 10.1. The van der Waals surface area contributed by atoms with E-state index < -0.39 is 5.97 Å². The number of aromatic carboxylic acids is 1. The van der Waals surface area contributed by atoms with Crippen molar-refractivity contribution in [3.8, 4) is 10.6 Å². The lowest BCUT2D eigenvalue weighted by Crippen LogP contribution is -2.00. The fourth-order valence-electron chi connectivity index (χ4n) is 1.90. The van der Waals surface area contributed by atoms with Crippen LogP contribution in [0.25, 0.3) is 10.6 Å². The molecule has 0 saturated heterocycles.